The average Bonchev–Trinajstić information content (AvgIpc) is 2.42. The van der Waals surface area contributed by atoms with Crippen LogP contribution < -0.4 is 0 Å². The zero-order valence-corrected chi connectivity index (χ0v) is 15.7. The van der Waals surface area contributed by atoms with Crippen molar-refractivity contribution in [2.24, 2.45) is 0 Å². The third-order valence-electron chi connectivity index (χ3n) is 2.80. The maximum absolute atomic E-state index is 11.4. The summed E-state index contributed by atoms with van der Waals surface area (Å²) in [5.74, 6) is -2.95. The van der Waals surface area contributed by atoms with Gasteiger partial charge in [-0.1, -0.05) is 34.8 Å². The lowest BCUT2D eigenvalue weighted by atomic mass is 10.0. The van der Waals surface area contributed by atoms with Gasteiger partial charge < -0.3 is 23.7 Å². The number of esters is 3. The highest BCUT2D eigenvalue weighted by molar-refractivity contribution is 6.76. The molecule has 142 valence electrons. The van der Waals surface area contributed by atoms with Crippen molar-refractivity contribution < 1.29 is 38.1 Å². The van der Waals surface area contributed by atoms with E-state index in [1.165, 1.54) is 0 Å². The van der Waals surface area contributed by atoms with Gasteiger partial charge in [0, 0.05) is 20.8 Å². The van der Waals surface area contributed by atoms with E-state index in [1.54, 1.807) is 0 Å². The molecule has 1 unspecified atom stereocenters. The van der Waals surface area contributed by atoms with E-state index in [1.807, 2.05) is 0 Å². The van der Waals surface area contributed by atoms with E-state index in [4.69, 9.17) is 63.9 Å². The SMILES string of the molecule is CC(=O)O[C@@H]1[C@H](OC(C)=O)C(OC(=N)C(Cl)(Cl)Cl)OC[C@H]1OC(C)=O. The van der Waals surface area contributed by atoms with Crippen LogP contribution in [0, 0.1) is 5.41 Å². The third kappa shape index (κ3) is 6.85. The van der Waals surface area contributed by atoms with Gasteiger partial charge in [0.25, 0.3) is 3.79 Å². The Labute approximate surface area is 158 Å². The van der Waals surface area contributed by atoms with Gasteiger partial charge in [-0.05, 0) is 0 Å². The minimum Gasteiger partial charge on any atom is -0.456 e. The lowest BCUT2D eigenvalue weighted by Gasteiger charge is -2.40. The standard InChI is InChI=1S/C13H16Cl3NO8/c1-5(18)22-8-4-21-11(25-12(17)13(14,15)16)10(24-7(3)20)9(8)23-6(2)19/h8-11,17H,4H2,1-3H3/t8-,9+,10+,11?/m1/s1. The minimum absolute atomic E-state index is 0.271. The van der Waals surface area contributed by atoms with Crippen molar-refractivity contribution in [3.8, 4) is 0 Å². The predicted octanol–water partition coefficient (Wildman–Crippen LogP) is 1.50. The molecule has 0 aromatic rings. The van der Waals surface area contributed by atoms with Crippen LogP contribution in [0.1, 0.15) is 20.8 Å². The van der Waals surface area contributed by atoms with Gasteiger partial charge in [-0.15, -0.1) is 0 Å². The monoisotopic (exact) mass is 419 g/mol. The van der Waals surface area contributed by atoms with Crippen LogP contribution in [-0.4, -0.2) is 58.8 Å². The number of halogens is 3. The van der Waals surface area contributed by atoms with Crippen LogP contribution >= 0.6 is 34.8 Å². The normalized spacial score (nSPS) is 26.3. The Morgan fingerprint density at radius 3 is 1.84 bits per heavy atom. The van der Waals surface area contributed by atoms with E-state index in [-0.39, 0.29) is 6.61 Å². The summed E-state index contributed by atoms with van der Waals surface area (Å²) < 4.78 is 23.4. The highest BCUT2D eigenvalue weighted by atomic mass is 35.6. The molecule has 12 heteroatoms. The first-order valence-electron chi connectivity index (χ1n) is 6.87. The lowest BCUT2D eigenvalue weighted by molar-refractivity contribution is -0.263. The maximum Gasteiger partial charge on any atom is 0.303 e. The Morgan fingerprint density at radius 2 is 1.40 bits per heavy atom. The molecule has 0 saturated carbocycles. The molecular formula is C13H16Cl3NO8. The summed E-state index contributed by atoms with van der Waals surface area (Å²) >= 11 is 16.6. The second-order valence-corrected chi connectivity index (χ2v) is 7.22. The Kier molecular flexibility index (Phi) is 7.73. The molecular weight excluding hydrogens is 405 g/mol. The molecule has 1 saturated heterocycles. The third-order valence-corrected chi connectivity index (χ3v) is 3.31. The Hall–Kier alpha value is -1.29. The second kappa shape index (κ2) is 8.88. The van der Waals surface area contributed by atoms with Gasteiger partial charge in [0.15, 0.2) is 12.2 Å². The van der Waals surface area contributed by atoms with Crippen molar-refractivity contribution in [1.82, 2.24) is 0 Å². The average molecular weight is 421 g/mol. The van der Waals surface area contributed by atoms with Gasteiger partial charge in [-0.2, -0.15) is 0 Å². The molecule has 25 heavy (non-hydrogen) atoms. The maximum atomic E-state index is 11.4. The summed E-state index contributed by atoms with van der Waals surface area (Å²) in [6.07, 6.45) is -5.10. The number of alkyl halides is 3. The van der Waals surface area contributed by atoms with Crippen molar-refractivity contribution in [1.29, 1.82) is 5.41 Å². The van der Waals surface area contributed by atoms with Crippen LogP contribution in [0.3, 0.4) is 0 Å². The first kappa shape index (κ1) is 21.8. The van der Waals surface area contributed by atoms with Crippen LogP contribution in [0.2, 0.25) is 0 Å². The van der Waals surface area contributed by atoms with Crippen molar-refractivity contribution in [2.75, 3.05) is 6.61 Å². The van der Waals surface area contributed by atoms with E-state index in [2.05, 4.69) is 0 Å². The minimum atomic E-state index is -2.19. The molecule has 4 atom stereocenters. The highest BCUT2D eigenvalue weighted by Gasteiger charge is 2.49. The Balaban J connectivity index is 3.09. The predicted molar refractivity (Wildman–Crippen MR) is 85.5 cm³/mol. The van der Waals surface area contributed by atoms with Gasteiger partial charge in [-0.25, -0.2) is 0 Å². The summed E-state index contributed by atoms with van der Waals surface area (Å²) in [5, 5.41) is 7.59. The Bertz CT molecular complexity index is 550. The molecule has 0 amide bonds. The fourth-order valence-corrected chi connectivity index (χ4v) is 2.13. The van der Waals surface area contributed by atoms with Crippen molar-refractivity contribution in [2.45, 2.75) is 49.2 Å². The molecule has 1 rings (SSSR count). The molecule has 0 aliphatic carbocycles. The molecule has 9 nitrogen and oxygen atoms in total. The quantitative estimate of drug-likeness (QED) is 0.239. The zero-order chi connectivity index (χ0) is 19.4. The first-order chi connectivity index (χ1) is 11.4. The molecule has 1 aliphatic heterocycles. The van der Waals surface area contributed by atoms with Gasteiger partial charge in [0.2, 0.25) is 18.3 Å². The van der Waals surface area contributed by atoms with Crippen molar-refractivity contribution >= 4 is 58.6 Å². The van der Waals surface area contributed by atoms with Gasteiger partial charge >= 0.3 is 17.9 Å². The summed E-state index contributed by atoms with van der Waals surface area (Å²) in [6, 6.07) is 0. The fraction of sp³-hybridized carbons (Fsp3) is 0.692. The summed E-state index contributed by atoms with van der Waals surface area (Å²) in [4.78, 5) is 34.0. The molecule has 1 heterocycles. The number of rotatable bonds is 4. The van der Waals surface area contributed by atoms with E-state index >= 15 is 0 Å². The number of carbonyl (C=O) groups is 3. The van der Waals surface area contributed by atoms with Crippen molar-refractivity contribution in [3.05, 3.63) is 0 Å². The van der Waals surface area contributed by atoms with Gasteiger partial charge in [-0.3, -0.25) is 19.8 Å². The molecule has 1 aliphatic rings. The molecule has 1 fully saturated rings. The van der Waals surface area contributed by atoms with Crippen LogP contribution in [0.5, 0.6) is 0 Å². The van der Waals surface area contributed by atoms with Crippen LogP contribution in [-0.2, 0) is 38.1 Å². The molecule has 1 N–H and O–H groups in total. The molecule has 0 spiro atoms. The molecule has 0 radical (unpaired) electrons. The number of hydrogen-bond donors (Lipinski definition) is 1. The fourth-order valence-electron chi connectivity index (χ4n) is 1.99. The molecule has 0 aromatic heterocycles. The number of carbonyl (C=O) groups excluding carboxylic acids is 3. The topological polar surface area (TPSA) is 121 Å². The van der Waals surface area contributed by atoms with Crippen LogP contribution in [0.4, 0.5) is 0 Å². The highest BCUT2D eigenvalue weighted by Crippen LogP contribution is 2.31. The number of ether oxygens (including phenoxy) is 5. The zero-order valence-electron chi connectivity index (χ0n) is 13.4. The second-order valence-electron chi connectivity index (χ2n) is 4.94. The van der Waals surface area contributed by atoms with E-state index < -0.39 is 52.2 Å². The van der Waals surface area contributed by atoms with Crippen molar-refractivity contribution in [3.63, 3.8) is 0 Å². The first-order valence-corrected chi connectivity index (χ1v) is 8.01. The molecule has 0 bridgehead atoms. The van der Waals surface area contributed by atoms with Crippen LogP contribution in [0.15, 0.2) is 0 Å². The number of nitrogens with one attached hydrogen (secondary N) is 1. The lowest BCUT2D eigenvalue weighted by Crippen LogP contribution is -2.58. The van der Waals surface area contributed by atoms with Gasteiger partial charge in [0.05, 0.1) is 6.61 Å². The number of hydrogen-bond acceptors (Lipinski definition) is 9. The summed E-state index contributed by atoms with van der Waals surface area (Å²) in [6.45, 7) is 3.09. The van der Waals surface area contributed by atoms with E-state index in [0.717, 1.165) is 20.8 Å². The molecule has 0 aromatic carbocycles. The van der Waals surface area contributed by atoms with E-state index in [9.17, 15) is 14.4 Å². The smallest absolute Gasteiger partial charge is 0.303 e. The van der Waals surface area contributed by atoms with Gasteiger partial charge in [0.1, 0.15) is 0 Å². The van der Waals surface area contributed by atoms with Crippen LogP contribution in [0.25, 0.3) is 0 Å². The largest absolute Gasteiger partial charge is 0.456 e. The summed E-state index contributed by atoms with van der Waals surface area (Å²) in [7, 11) is 0. The Morgan fingerprint density at radius 1 is 0.920 bits per heavy atom. The van der Waals surface area contributed by atoms with E-state index in [0.29, 0.717) is 0 Å². The summed E-state index contributed by atoms with van der Waals surface area (Å²) in [5.41, 5.74) is 0.